The van der Waals surface area contributed by atoms with E-state index in [2.05, 4.69) is 21.4 Å². The van der Waals surface area contributed by atoms with Crippen LogP contribution in [-0.2, 0) is 6.54 Å². The van der Waals surface area contributed by atoms with E-state index in [1.165, 1.54) is 17.7 Å². The van der Waals surface area contributed by atoms with Crippen molar-refractivity contribution in [2.24, 2.45) is 0 Å². The Morgan fingerprint density at radius 2 is 1.74 bits per heavy atom. The van der Waals surface area contributed by atoms with Gasteiger partial charge in [-0.3, -0.25) is 4.79 Å². The van der Waals surface area contributed by atoms with Gasteiger partial charge in [-0.15, -0.1) is 11.3 Å². The van der Waals surface area contributed by atoms with E-state index >= 15 is 0 Å². The van der Waals surface area contributed by atoms with Crippen molar-refractivity contribution in [3.63, 3.8) is 0 Å². The fourth-order valence-corrected chi connectivity index (χ4v) is 3.55. The molecule has 131 valence electrons. The highest BCUT2D eigenvalue weighted by Gasteiger charge is 2.10. The number of thiophene rings is 1. The second kappa shape index (κ2) is 7.93. The molecule has 4 aromatic rings. The Morgan fingerprint density at radius 1 is 1.00 bits per heavy atom. The summed E-state index contributed by atoms with van der Waals surface area (Å²) in [6, 6.07) is 20.7. The third-order valence-electron chi connectivity index (χ3n) is 4.16. The van der Waals surface area contributed by atoms with E-state index in [-0.39, 0.29) is 5.91 Å². The van der Waals surface area contributed by atoms with Crippen LogP contribution in [0.15, 0.2) is 78.7 Å². The second-order valence-electron chi connectivity index (χ2n) is 6.00. The van der Waals surface area contributed by atoms with Crippen molar-refractivity contribution in [1.82, 2.24) is 15.3 Å². The van der Waals surface area contributed by atoms with Crippen LogP contribution in [0.1, 0.15) is 15.2 Å². The third-order valence-corrected chi connectivity index (χ3v) is 5.09. The van der Waals surface area contributed by atoms with Gasteiger partial charge in [0.25, 0.3) is 5.91 Å². The van der Waals surface area contributed by atoms with E-state index in [0.717, 1.165) is 27.8 Å². The van der Waals surface area contributed by atoms with Crippen LogP contribution in [0, 0.1) is 6.07 Å². The maximum Gasteiger partial charge on any atom is 0.261 e. The molecule has 0 aliphatic carbocycles. The van der Waals surface area contributed by atoms with Crippen molar-refractivity contribution in [3.05, 3.63) is 95.2 Å². The average molecular weight is 370 g/mol. The molecule has 0 spiro atoms. The highest BCUT2D eigenvalue weighted by atomic mass is 32.1. The van der Waals surface area contributed by atoms with Crippen LogP contribution in [0.5, 0.6) is 0 Å². The summed E-state index contributed by atoms with van der Waals surface area (Å²) in [6.45, 7) is 0.497. The van der Waals surface area contributed by atoms with Crippen LogP contribution in [-0.4, -0.2) is 15.9 Å². The number of benzene rings is 2. The summed E-state index contributed by atoms with van der Waals surface area (Å²) in [6.07, 6.45) is 5.10. The monoisotopic (exact) mass is 370 g/mol. The lowest BCUT2D eigenvalue weighted by atomic mass is 10.0. The summed E-state index contributed by atoms with van der Waals surface area (Å²) in [5.74, 6) is -0.0619. The molecule has 0 atom stereocenters. The molecule has 0 bridgehead atoms. The highest BCUT2D eigenvalue weighted by Crippen LogP contribution is 2.28. The number of nitrogens with zero attached hydrogens (tertiary/aromatic N) is 2. The first-order chi connectivity index (χ1) is 13.3. The summed E-state index contributed by atoms with van der Waals surface area (Å²) < 4.78 is 0. The van der Waals surface area contributed by atoms with Crippen molar-refractivity contribution >= 4 is 17.2 Å². The maximum absolute atomic E-state index is 12.4. The largest absolute Gasteiger partial charge is 0.347 e. The predicted molar refractivity (Wildman–Crippen MR) is 107 cm³/mol. The molecule has 2 aromatic carbocycles. The molecule has 0 saturated heterocycles. The number of nitrogens with one attached hydrogen (secondary N) is 1. The molecule has 0 aliphatic heterocycles. The number of hydrogen-bond acceptors (Lipinski definition) is 4. The second-order valence-corrected chi connectivity index (χ2v) is 6.91. The van der Waals surface area contributed by atoms with Crippen molar-refractivity contribution in [3.8, 4) is 22.3 Å². The summed E-state index contributed by atoms with van der Waals surface area (Å²) in [4.78, 5) is 21.2. The van der Waals surface area contributed by atoms with E-state index in [1.807, 2.05) is 60.0 Å². The zero-order chi connectivity index (χ0) is 18.5. The Balaban J connectivity index is 1.45. The summed E-state index contributed by atoms with van der Waals surface area (Å²) in [5, 5.41) is 4.95. The van der Waals surface area contributed by atoms with Gasteiger partial charge in [0.15, 0.2) is 0 Å². The minimum absolute atomic E-state index is 0.0619. The Labute approximate surface area is 161 Å². The smallest absolute Gasteiger partial charge is 0.261 e. The minimum Gasteiger partial charge on any atom is -0.347 e. The van der Waals surface area contributed by atoms with Crippen molar-refractivity contribution in [1.29, 1.82) is 0 Å². The number of carbonyl (C=O) groups is 1. The molecule has 4 rings (SSSR count). The lowest BCUT2D eigenvalue weighted by Gasteiger charge is -2.03. The van der Waals surface area contributed by atoms with Crippen LogP contribution in [0.4, 0.5) is 0 Å². The molecule has 4 nitrogen and oxygen atoms in total. The topological polar surface area (TPSA) is 54.9 Å². The quantitative estimate of drug-likeness (QED) is 0.558. The van der Waals surface area contributed by atoms with Gasteiger partial charge in [-0.1, -0.05) is 42.5 Å². The van der Waals surface area contributed by atoms with Crippen LogP contribution in [0.2, 0.25) is 0 Å². The SMILES string of the molecule is O=C(NCc1c[c]ccc1)c1cc(-c2ccc(-c3cncnc3)cc2)cs1. The number of aromatic nitrogens is 2. The molecule has 0 fully saturated rings. The van der Waals surface area contributed by atoms with Gasteiger partial charge in [-0.05, 0) is 45.8 Å². The van der Waals surface area contributed by atoms with Crippen molar-refractivity contribution in [2.75, 3.05) is 0 Å². The highest BCUT2D eigenvalue weighted by molar-refractivity contribution is 7.12. The standard InChI is InChI=1S/C22H16N3OS/c26-22(25-11-16-4-2-1-3-5-16)21-10-19(14-27-21)17-6-8-18(9-7-17)20-12-23-15-24-13-20/h1-2,4-10,12-15H,11H2,(H,25,26). The third kappa shape index (κ3) is 4.10. The molecule has 2 heterocycles. The average Bonchev–Trinajstić information content (AvgIpc) is 3.24. The van der Waals surface area contributed by atoms with Gasteiger partial charge in [0, 0.05) is 24.5 Å². The fourth-order valence-electron chi connectivity index (χ4n) is 2.72. The van der Waals surface area contributed by atoms with Crippen LogP contribution >= 0.6 is 11.3 Å². The van der Waals surface area contributed by atoms with E-state index in [4.69, 9.17) is 0 Å². The molecule has 0 saturated carbocycles. The molecular weight excluding hydrogens is 354 g/mol. The Hall–Kier alpha value is -3.31. The van der Waals surface area contributed by atoms with Crippen LogP contribution in [0.25, 0.3) is 22.3 Å². The Bertz CT molecular complexity index is 1030. The molecule has 1 amide bonds. The molecule has 1 N–H and O–H groups in total. The van der Waals surface area contributed by atoms with Crippen molar-refractivity contribution in [2.45, 2.75) is 6.54 Å². The van der Waals surface area contributed by atoms with E-state index in [9.17, 15) is 4.79 Å². The van der Waals surface area contributed by atoms with Gasteiger partial charge in [-0.25, -0.2) is 9.97 Å². The molecule has 27 heavy (non-hydrogen) atoms. The normalized spacial score (nSPS) is 10.5. The maximum atomic E-state index is 12.4. The minimum atomic E-state index is -0.0619. The van der Waals surface area contributed by atoms with Gasteiger partial charge >= 0.3 is 0 Å². The number of hydrogen-bond donors (Lipinski definition) is 1. The lowest BCUT2D eigenvalue weighted by molar-refractivity contribution is 0.0955. The number of carbonyl (C=O) groups excluding carboxylic acids is 1. The first-order valence-corrected chi connectivity index (χ1v) is 9.35. The lowest BCUT2D eigenvalue weighted by Crippen LogP contribution is -2.21. The van der Waals surface area contributed by atoms with E-state index < -0.39 is 0 Å². The summed E-state index contributed by atoms with van der Waals surface area (Å²) in [7, 11) is 0. The molecule has 1 radical (unpaired) electrons. The zero-order valence-electron chi connectivity index (χ0n) is 14.4. The first kappa shape index (κ1) is 17.1. The zero-order valence-corrected chi connectivity index (χ0v) is 15.2. The number of amides is 1. The van der Waals surface area contributed by atoms with E-state index in [0.29, 0.717) is 11.4 Å². The Morgan fingerprint density at radius 3 is 2.44 bits per heavy atom. The Kier molecular flexibility index (Phi) is 5.03. The molecule has 0 unspecified atom stereocenters. The first-order valence-electron chi connectivity index (χ1n) is 8.47. The molecule has 2 aromatic heterocycles. The predicted octanol–water partition coefficient (Wildman–Crippen LogP) is 4.60. The van der Waals surface area contributed by atoms with E-state index in [1.54, 1.807) is 12.4 Å². The fraction of sp³-hybridized carbons (Fsp3) is 0.0455. The number of rotatable bonds is 5. The molecular formula is C22H16N3OS. The van der Waals surface area contributed by atoms with Gasteiger partial charge in [0.05, 0.1) is 4.88 Å². The van der Waals surface area contributed by atoms with Gasteiger partial charge < -0.3 is 5.32 Å². The summed E-state index contributed by atoms with van der Waals surface area (Å²) in [5.41, 5.74) is 5.18. The van der Waals surface area contributed by atoms with Crippen LogP contribution in [0.3, 0.4) is 0 Å². The molecule has 5 heteroatoms. The van der Waals surface area contributed by atoms with Gasteiger partial charge in [-0.2, -0.15) is 0 Å². The summed E-state index contributed by atoms with van der Waals surface area (Å²) >= 11 is 1.45. The van der Waals surface area contributed by atoms with Crippen molar-refractivity contribution < 1.29 is 4.79 Å². The molecule has 0 aliphatic rings. The van der Waals surface area contributed by atoms with Crippen LogP contribution < -0.4 is 5.32 Å². The van der Waals surface area contributed by atoms with Gasteiger partial charge in [0.2, 0.25) is 0 Å². The van der Waals surface area contributed by atoms with Gasteiger partial charge in [0.1, 0.15) is 6.33 Å².